The van der Waals surface area contributed by atoms with Crippen LogP contribution in [0.25, 0.3) is 0 Å². The molecule has 96 valence electrons. The normalized spacial score (nSPS) is 21.2. The first-order valence-corrected chi connectivity index (χ1v) is 5.91. The van der Waals surface area contributed by atoms with Crippen molar-refractivity contribution < 1.29 is 14.7 Å². The second kappa shape index (κ2) is 6.39. The zero-order chi connectivity index (χ0) is 12.8. The molecule has 0 aromatic rings. The second-order valence-electron chi connectivity index (χ2n) is 4.50. The fourth-order valence-corrected chi connectivity index (χ4v) is 2.11. The number of hydrogen-bond acceptors (Lipinski definition) is 3. The molecule has 5 heteroatoms. The van der Waals surface area contributed by atoms with Crippen molar-refractivity contribution in [3.63, 3.8) is 0 Å². The van der Waals surface area contributed by atoms with Gasteiger partial charge in [0.1, 0.15) is 0 Å². The van der Waals surface area contributed by atoms with Crippen LogP contribution in [0.4, 0.5) is 0 Å². The molecule has 0 bridgehead atoms. The third-order valence-electron chi connectivity index (χ3n) is 3.10. The highest BCUT2D eigenvalue weighted by Gasteiger charge is 2.28. The third kappa shape index (κ3) is 4.19. The number of rotatable bonds is 6. The maximum absolute atomic E-state index is 11.9. The molecule has 5 nitrogen and oxygen atoms in total. The van der Waals surface area contributed by atoms with Crippen LogP contribution in [0.5, 0.6) is 0 Å². The van der Waals surface area contributed by atoms with Crippen molar-refractivity contribution in [3.8, 4) is 0 Å². The van der Waals surface area contributed by atoms with Crippen molar-refractivity contribution in [2.24, 2.45) is 11.7 Å². The van der Waals surface area contributed by atoms with Crippen LogP contribution in [0, 0.1) is 5.92 Å². The number of likely N-dealkylation sites (tertiary alicyclic amines) is 1. The Labute approximate surface area is 101 Å². The van der Waals surface area contributed by atoms with Gasteiger partial charge in [-0.2, -0.15) is 0 Å². The van der Waals surface area contributed by atoms with E-state index in [1.165, 1.54) is 0 Å². The molecule has 0 aliphatic carbocycles. The fraction of sp³-hybridized carbons (Fsp3) is 0.667. The molecule has 0 radical (unpaired) electrons. The zero-order valence-electron chi connectivity index (χ0n) is 9.97. The summed E-state index contributed by atoms with van der Waals surface area (Å²) >= 11 is 0. The molecule has 0 aromatic heterocycles. The number of nitrogens with two attached hydrogens (primary N) is 1. The molecule has 2 atom stereocenters. The summed E-state index contributed by atoms with van der Waals surface area (Å²) in [4.78, 5) is 24.0. The van der Waals surface area contributed by atoms with Gasteiger partial charge < -0.3 is 15.7 Å². The van der Waals surface area contributed by atoms with Crippen LogP contribution in [0.1, 0.15) is 25.7 Å². The quantitative estimate of drug-likeness (QED) is 0.666. The van der Waals surface area contributed by atoms with Gasteiger partial charge in [-0.25, -0.2) is 0 Å². The van der Waals surface area contributed by atoms with Crippen molar-refractivity contribution in [1.82, 2.24) is 4.90 Å². The molecule has 17 heavy (non-hydrogen) atoms. The van der Waals surface area contributed by atoms with E-state index in [0.717, 1.165) is 6.42 Å². The van der Waals surface area contributed by atoms with Gasteiger partial charge in [-0.1, -0.05) is 6.08 Å². The number of carbonyl (C=O) groups is 2. The van der Waals surface area contributed by atoms with E-state index >= 15 is 0 Å². The number of carboxylic acids is 1. The molecular weight excluding hydrogens is 220 g/mol. The number of amides is 1. The summed E-state index contributed by atoms with van der Waals surface area (Å²) < 4.78 is 0. The lowest BCUT2D eigenvalue weighted by Crippen LogP contribution is -2.42. The van der Waals surface area contributed by atoms with Crippen molar-refractivity contribution in [3.05, 3.63) is 12.7 Å². The number of aliphatic carboxylic acids is 1. The standard InChI is InChI=1S/C12H20N2O3/c1-2-3-10(13)12(17)14-7-6-9(8-14)4-5-11(15)16/h2,9-10H,1,3-8,13H2,(H,15,16). The molecule has 2 unspecified atom stereocenters. The van der Waals surface area contributed by atoms with E-state index in [0.29, 0.717) is 31.8 Å². The Morgan fingerprint density at radius 1 is 1.59 bits per heavy atom. The largest absolute Gasteiger partial charge is 0.481 e. The highest BCUT2D eigenvalue weighted by Crippen LogP contribution is 2.21. The zero-order valence-corrected chi connectivity index (χ0v) is 9.97. The van der Waals surface area contributed by atoms with Gasteiger partial charge in [0, 0.05) is 19.5 Å². The Morgan fingerprint density at radius 2 is 2.29 bits per heavy atom. The number of hydrogen-bond donors (Lipinski definition) is 2. The first-order chi connectivity index (χ1) is 8.04. The highest BCUT2D eigenvalue weighted by atomic mass is 16.4. The number of carbonyl (C=O) groups excluding carboxylic acids is 1. The topological polar surface area (TPSA) is 83.6 Å². The van der Waals surface area contributed by atoms with Gasteiger partial charge in [0.25, 0.3) is 0 Å². The molecule has 3 N–H and O–H groups in total. The van der Waals surface area contributed by atoms with E-state index in [4.69, 9.17) is 10.8 Å². The first-order valence-electron chi connectivity index (χ1n) is 5.91. The Kier molecular flexibility index (Phi) is 5.15. The molecule has 1 aliphatic rings. The lowest BCUT2D eigenvalue weighted by molar-refractivity contribution is -0.137. The molecule has 0 saturated carbocycles. The number of nitrogens with zero attached hydrogens (tertiary/aromatic N) is 1. The van der Waals surface area contributed by atoms with Crippen LogP contribution in [0.15, 0.2) is 12.7 Å². The first kappa shape index (κ1) is 13.7. The Morgan fingerprint density at radius 3 is 2.88 bits per heavy atom. The Bertz CT molecular complexity index is 304. The van der Waals surface area contributed by atoms with Gasteiger partial charge in [0.15, 0.2) is 0 Å². The van der Waals surface area contributed by atoms with E-state index in [-0.39, 0.29) is 12.3 Å². The molecule has 1 aliphatic heterocycles. The maximum atomic E-state index is 11.9. The molecule has 1 saturated heterocycles. The van der Waals surface area contributed by atoms with Crippen LogP contribution < -0.4 is 5.73 Å². The average molecular weight is 240 g/mol. The second-order valence-corrected chi connectivity index (χ2v) is 4.50. The molecule has 1 fully saturated rings. The minimum Gasteiger partial charge on any atom is -0.481 e. The van der Waals surface area contributed by atoms with Crippen LogP contribution in [0.3, 0.4) is 0 Å². The smallest absolute Gasteiger partial charge is 0.303 e. The summed E-state index contributed by atoms with van der Waals surface area (Å²) in [6.07, 6.45) is 3.80. The van der Waals surface area contributed by atoms with Gasteiger partial charge in [0.05, 0.1) is 6.04 Å². The summed E-state index contributed by atoms with van der Waals surface area (Å²) in [5.41, 5.74) is 5.72. The van der Waals surface area contributed by atoms with Crippen LogP contribution >= 0.6 is 0 Å². The maximum Gasteiger partial charge on any atom is 0.303 e. The van der Waals surface area contributed by atoms with Crippen LogP contribution in [0.2, 0.25) is 0 Å². The van der Waals surface area contributed by atoms with E-state index in [1.807, 2.05) is 0 Å². The Hall–Kier alpha value is -1.36. The van der Waals surface area contributed by atoms with Gasteiger partial charge >= 0.3 is 5.97 Å². The van der Waals surface area contributed by atoms with Gasteiger partial charge in [-0.15, -0.1) is 6.58 Å². The SMILES string of the molecule is C=CCC(N)C(=O)N1CCC(CCC(=O)O)C1. The molecule has 1 heterocycles. The average Bonchev–Trinajstić information content (AvgIpc) is 2.74. The van der Waals surface area contributed by atoms with E-state index in [2.05, 4.69) is 6.58 Å². The summed E-state index contributed by atoms with van der Waals surface area (Å²) in [6.45, 7) is 4.88. The fourth-order valence-electron chi connectivity index (χ4n) is 2.11. The summed E-state index contributed by atoms with van der Waals surface area (Å²) in [7, 11) is 0. The molecule has 0 aromatic carbocycles. The predicted octanol–water partition coefficient (Wildman–Crippen LogP) is 0.603. The monoisotopic (exact) mass is 240 g/mol. The lowest BCUT2D eigenvalue weighted by Gasteiger charge is -2.20. The summed E-state index contributed by atoms with van der Waals surface area (Å²) in [6, 6.07) is -0.509. The molecule has 1 rings (SSSR count). The summed E-state index contributed by atoms with van der Waals surface area (Å²) in [5.74, 6) is -0.535. The number of carboxylic acid groups (broad SMARTS) is 1. The highest BCUT2D eigenvalue weighted by molar-refractivity contribution is 5.82. The van der Waals surface area contributed by atoms with Crippen molar-refractivity contribution in [2.75, 3.05) is 13.1 Å². The molecule has 1 amide bonds. The van der Waals surface area contributed by atoms with Crippen molar-refractivity contribution >= 4 is 11.9 Å². The van der Waals surface area contributed by atoms with Crippen molar-refractivity contribution in [1.29, 1.82) is 0 Å². The van der Waals surface area contributed by atoms with Crippen LogP contribution in [-0.2, 0) is 9.59 Å². The third-order valence-corrected chi connectivity index (χ3v) is 3.10. The van der Waals surface area contributed by atoms with E-state index in [1.54, 1.807) is 11.0 Å². The Balaban J connectivity index is 2.36. The molecular formula is C12H20N2O3. The van der Waals surface area contributed by atoms with E-state index in [9.17, 15) is 9.59 Å². The molecule has 0 spiro atoms. The van der Waals surface area contributed by atoms with Gasteiger partial charge in [-0.05, 0) is 25.2 Å². The van der Waals surface area contributed by atoms with E-state index < -0.39 is 12.0 Å². The van der Waals surface area contributed by atoms with Gasteiger partial charge in [0.2, 0.25) is 5.91 Å². The predicted molar refractivity (Wildman–Crippen MR) is 64.3 cm³/mol. The lowest BCUT2D eigenvalue weighted by atomic mass is 10.0. The van der Waals surface area contributed by atoms with Gasteiger partial charge in [-0.3, -0.25) is 9.59 Å². The van der Waals surface area contributed by atoms with Crippen molar-refractivity contribution in [2.45, 2.75) is 31.7 Å². The minimum atomic E-state index is -0.780. The summed E-state index contributed by atoms with van der Waals surface area (Å²) in [5, 5.41) is 8.60. The minimum absolute atomic E-state index is 0.0530. The van der Waals surface area contributed by atoms with Crippen LogP contribution in [-0.4, -0.2) is 41.0 Å².